The zero-order chi connectivity index (χ0) is 13.1. The number of hydrogen-bond donors (Lipinski definition) is 1. The fraction of sp³-hybridized carbons (Fsp3) is 0.231. The third kappa shape index (κ3) is 2.92. The van der Waals surface area contributed by atoms with Crippen LogP contribution < -0.4 is 5.73 Å². The van der Waals surface area contributed by atoms with Gasteiger partial charge in [0.15, 0.2) is 5.82 Å². The van der Waals surface area contributed by atoms with E-state index in [-0.39, 0.29) is 0 Å². The van der Waals surface area contributed by atoms with Crippen molar-refractivity contribution in [3.63, 3.8) is 0 Å². The number of hydrogen-bond acceptors (Lipinski definition) is 3. The molecule has 0 atom stereocenters. The highest BCUT2D eigenvalue weighted by Crippen LogP contribution is 2.24. The van der Waals surface area contributed by atoms with Gasteiger partial charge in [-0.05, 0) is 41.1 Å². The fourth-order valence-corrected chi connectivity index (χ4v) is 2.37. The fourth-order valence-electron chi connectivity index (χ4n) is 1.67. The van der Waals surface area contributed by atoms with Crippen LogP contribution in [0.15, 0.2) is 24.3 Å². The highest BCUT2D eigenvalue weighted by molar-refractivity contribution is 14.1. The van der Waals surface area contributed by atoms with Crippen molar-refractivity contribution in [3.05, 3.63) is 38.6 Å². The van der Waals surface area contributed by atoms with E-state index in [1.807, 2.05) is 24.3 Å². The lowest BCUT2D eigenvalue weighted by molar-refractivity contribution is 0.869. The third-order valence-electron chi connectivity index (χ3n) is 2.52. The molecule has 3 nitrogen and oxygen atoms in total. The first-order valence-corrected chi connectivity index (χ1v) is 7.15. The molecule has 94 valence electrons. The second-order valence-corrected chi connectivity index (χ2v) is 5.47. The van der Waals surface area contributed by atoms with Crippen molar-refractivity contribution in [2.24, 2.45) is 0 Å². The van der Waals surface area contributed by atoms with Crippen LogP contribution in [0, 0.1) is 3.57 Å². The van der Waals surface area contributed by atoms with E-state index < -0.39 is 0 Å². The van der Waals surface area contributed by atoms with E-state index >= 15 is 0 Å². The summed E-state index contributed by atoms with van der Waals surface area (Å²) in [7, 11) is 0. The van der Waals surface area contributed by atoms with Crippen molar-refractivity contribution >= 4 is 40.0 Å². The Morgan fingerprint density at radius 2 is 2.11 bits per heavy atom. The number of aryl methyl sites for hydroxylation is 1. The van der Waals surface area contributed by atoms with Gasteiger partial charge in [0.2, 0.25) is 0 Å². The smallest absolute Gasteiger partial charge is 0.161 e. The molecule has 18 heavy (non-hydrogen) atoms. The van der Waals surface area contributed by atoms with Crippen molar-refractivity contribution in [1.29, 1.82) is 0 Å². The van der Waals surface area contributed by atoms with Crippen molar-refractivity contribution in [2.45, 2.75) is 19.8 Å². The number of anilines is 1. The first-order chi connectivity index (χ1) is 8.61. The average molecular weight is 374 g/mol. The summed E-state index contributed by atoms with van der Waals surface area (Å²) >= 11 is 8.17. The zero-order valence-corrected chi connectivity index (χ0v) is 12.9. The predicted octanol–water partition coefficient (Wildman–Crippen LogP) is 3.94. The van der Waals surface area contributed by atoms with E-state index in [0.717, 1.165) is 27.7 Å². The molecule has 2 N–H and O–H groups in total. The number of halogens is 2. The SMILES string of the molecule is CCCc1nc(-c2cccc(Cl)c2)nc(N)c1I. The predicted molar refractivity (Wildman–Crippen MR) is 83.6 cm³/mol. The highest BCUT2D eigenvalue weighted by atomic mass is 127. The van der Waals surface area contributed by atoms with Gasteiger partial charge in [0.05, 0.1) is 9.26 Å². The molecule has 5 heteroatoms. The molecule has 0 fully saturated rings. The Labute approximate surface area is 125 Å². The molecule has 0 saturated carbocycles. The van der Waals surface area contributed by atoms with Crippen LogP contribution >= 0.6 is 34.2 Å². The minimum atomic E-state index is 0.532. The molecular weight excluding hydrogens is 361 g/mol. The van der Waals surface area contributed by atoms with Gasteiger partial charge in [-0.2, -0.15) is 0 Å². The summed E-state index contributed by atoms with van der Waals surface area (Å²) < 4.78 is 0.945. The maximum atomic E-state index is 5.98. The van der Waals surface area contributed by atoms with E-state index in [4.69, 9.17) is 17.3 Å². The summed E-state index contributed by atoms with van der Waals surface area (Å²) in [6.07, 6.45) is 1.93. The summed E-state index contributed by atoms with van der Waals surface area (Å²) in [4.78, 5) is 8.90. The van der Waals surface area contributed by atoms with E-state index in [1.54, 1.807) is 0 Å². The maximum absolute atomic E-state index is 5.98. The van der Waals surface area contributed by atoms with Crippen LogP contribution in [0.4, 0.5) is 5.82 Å². The van der Waals surface area contributed by atoms with Gasteiger partial charge in [0, 0.05) is 10.6 Å². The van der Waals surface area contributed by atoms with Gasteiger partial charge in [-0.15, -0.1) is 0 Å². The monoisotopic (exact) mass is 373 g/mol. The molecule has 2 aromatic rings. The van der Waals surface area contributed by atoms with Gasteiger partial charge in [-0.1, -0.05) is 37.1 Å². The summed E-state index contributed by atoms with van der Waals surface area (Å²) in [5, 5.41) is 0.672. The molecule has 2 rings (SSSR count). The van der Waals surface area contributed by atoms with Crippen LogP contribution in [0.3, 0.4) is 0 Å². The number of nitrogen functional groups attached to an aromatic ring is 1. The topological polar surface area (TPSA) is 51.8 Å². The van der Waals surface area contributed by atoms with Gasteiger partial charge in [-0.3, -0.25) is 0 Å². The number of benzene rings is 1. The van der Waals surface area contributed by atoms with Crippen molar-refractivity contribution < 1.29 is 0 Å². The summed E-state index contributed by atoms with van der Waals surface area (Å²) in [6, 6.07) is 7.49. The maximum Gasteiger partial charge on any atom is 0.161 e. The number of nitrogens with two attached hydrogens (primary N) is 1. The van der Waals surface area contributed by atoms with Gasteiger partial charge in [0.1, 0.15) is 5.82 Å². The normalized spacial score (nSPS) is 10.6. The standard InChI is InChI=1S/C13H13ClIN3/c1-2-4-10-11(15)12(16)18-13(17-10)8-5-3-6-9(14)7-8/h3,5-7H,2,4H2,1H3,(H2,16,17,18). The Bertz CT molecular complexity index is 572. The number of nitrogens with zero attached hydrogens (tertiary/aromatic N) is 2. The highest BCUT2D eigenvalue weighted by Gasteiger charge is 2.11. The quantitative estimate of drug-likeness (QED) is 0.829. The van der Waals surface area contributed by atoms with E-state index in [1.165, 1.54) is 0 Å². The molecule has 0 aliphatic rings. The zero-order valence-electron chi connectivity index (χ0n) is 9.95. The Morgan fingerprint density at radius 1 is 1.33 bits per heavy atom. The number of rotatable bonds is 3. The summed E-state index contributed by atoms with van der Waals surface area (Å²) in [5.74, 6) is 1.17. The van der Waals surface area contributed by atoms with Crippen LogP contribution in [0.1, 0.15) is 19.0 Å². The van der Waals surface area contributed by atoms with Crippen molar-refractivity contribution in [2.75, 3.05) is 5.73 Å². The Morgan fingerprint density at radius 3 is 2.78 bits per heavy atom. The van der Waals surface area contributed by atoms with Gasteiger partial charge >= 0.3 is 0 Å². The summed E-state index contributed by atoms with van der Waals surface area (Å²) in [6.45, 7) is 2.12. The van der Waals surface area contributed by atoms with E-state index in [2.05, 4.69) is 39.5 Å². The van der Waals surface area contributed by atoms with E-state index in [0.29, 0.717) is 16.7 Å². The van der Waals surface area contributed by atoms with Crippen molar-refractivity contribution in [1.82, 2.24) is 9.97 Å². The molecule has 1 aromatic carbocycles. The van der Waals surface area contributed by atoms with Crippen LogP contribution in [-0.2, 0) is 6.42 Å². The second-order valence-electron chi connectivity index (χ2n) is 3.95. The molecule has 0 unspecified atom stereocenters. The van der Waals surface area contributed by atoms with Crippen LogP contribution in [0.2, 0.25) is 5.02 Å². The third-order valence-corrected chi connectivity index (χ3v) is 3.93. The molecule has 0 aliphatic heterocycles. The average Bonchev–Trinajstić information content (AvgIpc) is 2.35. The second kappa shape index (κ2) is 5.84. The Balaban J connectivity index is 2.51. The lowest BCUT2D eigenvalue weighted by Gasteiger charge is -2.08. The molecule has 0 aliphatic carbocycles. The molecule has 1 aromatic heterocycles. The molecule has 0 spiro atoms. The Kier molecular flexibility index (Phi) is 4.40. The largest absolute Gasteiger partial charge is 0.383 e. The van der Waals surface area contributed by atoms with Gasteiger partial charge < -0.3 is 5.73 Å². The van der Waals surface area contributed by atoms with Crippen LogP contribution in [-0.4, -0.2) is 9.97 Å². The first-order valence-electron chi connectivity index (χ1n) is 5.69. The van der Waals surface area contributed by atoms with Gasteiger partial charge in [-0.25, -0.2) is 9.97 Å². The lowest BCUT2D eigenvalue weighted by Crippen LogP contribution is -2.04. The minimum absolute atomic E-state index is 0.532. The van der Waals surface area contributed by atoms with Gasteiger partial charge in [0.25, 0.3) is 0 Å². The number of aromatic nitrogens is 2. The molecule has 0 saturated heterocycles. The van der Waals surface area contributed by atoms with Crippen molar-refractivity contribution in [3.8, 4) is 11.4 Å². The molecule has 1 heterocycles. The molecule has 0 bridgehead atoms. The minimum Gasteiger partial charge on any atom is -0.383 e. The lowest BCUT2D eigenvalue weighted by atomic mass is 10.2. The Hall–Kier alpha value is -0.880. The summed E-state index contributed by atoms with van der Waals surface area (Å²) in [5.41, 5.74) is 7.83. The van der Waals surface area contributed by atoms with Crippen LogP contribution in [0.25, 0.3) is 11.4 Å². The first kappa shape index (κ1) is 13.5. The van der Waals surface area contributed by atoms with E-state index in [9.17, 15) is 0 Å². The van der Waals surface area contributed by atoms with Crippen LogP contribution in [0.5, 0.6) is 0 Å². The molecule has 0 amide bonds. The molecule has 0 radical (unpaired) electrons. The molecular formula is C13H13ClIN3.